The highest BCUT2D eigenvalue weighted by Gasteiger charge is 2.35. The molecule has 0 aromatic rings. The summed E-state index contributed by atoms with van der Waals surface area (Å²) < 4.78 is 0. The van der Waals surface area contributed by atoms with Crippen molar-refractivity contribution in [3.05, 3.63) is 0 Å². The molecule has 94 valence electrons. The lowest BCUT2D eigenvalue weighted by Gasteiger charge is -2.48. The van der Waals surface area contributed by atoms with Gasteiger partial charge in [-0.15, -0.1) is 0 Å². The molecule has 0 aromatic heterocycles. The summed E-state index contributed by atoms with van der Waals surface area (Å²) >= 11 is 0. The van der Waals surface area contributed by atoms with Crippen molar-refractivity contribution in [1.29, 1.82) is 0 Å². The molecule has 3 unspecified atom stereocenters. The van der Waals surface area contributed by atoms with E-state index < -0.39 is 0 Å². The molecule has 2 fully saturated rings. The average Bonchev–Trinajstić information content (AvgIpc) is 2.28. The molecule has 0 aromatic carbocycles. The topological polar surface area (TPSA) is 32.5 Å². The van der Waals surface area contributed by atoms with E-state index in [1.54, 1.807) is 0 Å². The zero-order valence-electron chi connectivity index (χ0n) is 10.9. The van der Waals surface area contributed by atoms with Gasteiger partial charge in [0.15, 0.2) is 0 Å². The van der Waals surface area contributed by atoms with Gasteiger partial charge in [-0.3, -0.25) is 9.80 Å². The molecule has 16 heavy (non-hydrogen) atoms. The first-order valence-electron chi connectivity index (χ1n) is 6.94. The first-order valence-corrected chi connectivity index (χ1v) is 6.94. The van der Waals surface area contributed by atoms with Gasteiger partial charge in [-0.2, -0.15) is 0 Å². The van der Waals surface area contributed by atoms with Gasteiger partial charge in [0.25, 0.3) is 0 Å². The maximum absolute atomic E-state index is 5.79. The highest BCUT2D eigenvalue weighted by atomic mass is 15.3. The lowest BCUT2D eigenvalue weighted by Crippen LogP contribution is -2.57. The van der Waals surface area contributed by atoms with Crippen molar-refractivity contribution in [1.82, 2.24) is 9.80 Å². The number of hydrogen-bond donors (Lipinski definition) is 1. The number of nitrogens with two attached hydrogens (primary N) is 1. The van der Waals surface area contributed by atoms with E-state index in [0.717, 1.165) is 24.5 Å². The molecule has 0 bridgehead atoms. The molecule has 3 atom stereocenters. The largest absolute Gasteiger partial charge is 0.330 e. The van der Waals surface area contributed by atoms with Crippen LogP contribution in [-0.4, -0.2) is 54.6 Å². The van der Waals surface area contributed by atoms with Crippen LogP contribution in [0.1, 0.15) is 33.1 Å². The summed E-state index contributed by atoms with van der Waals surface area (Å²) in [5.41, 5.74) is 5.79. The Bertz CT molecular complexity index is 209. The molecule has 0 amide bonds. The summed E-state index contributed by atoms with van der Waals surface area (Å²) in [5.74, 6) is 0.787. The fourth-order valence-corrected chi connectivity index (χ4v) is 3.08. The van der Waals surface area contributed by atoms with E-state index in [-0.39, 0.29) is 0 Å². The maximum atomic E-state index is 5.79. The zero-order valence-corrected chi connectivity index (χ0v) is 10.9. The Labute approximate surface area is 100.0 Å². The van der Waals surface area contributed by atoms with Gasteiger partial charge in [-0.25, -0.2) is 0 Å². The molecule has 3 heteroatoms. The van der Waals surface area contributed by atoms with Gasteiger partial charge >= 0.3 is 0 Å². The fourth-order valence-electron chi connectivity index (χ4n) is 3.08. The standard InChI is InChI=1S/C13H27N3/c1-3-11(2)15-6-8-16(9-7-15)13-5-4-12(13)10-14/h11-13H,3-10,14H2,1-2H3. The predicted octanol–water partition coefficient (Wildman–Crippen LogP) is 1.14. The van der Waals surface area contributed by atoms with E-state index in [1.165, 1.54) is 45.4 Å². The van der Waals surface area contributed by atoms with E-state index in [4.69, 9.17) is 5.73 Å². The number of piperazine rings is 1. The summed E-state index contributed by atoms with van der Waals surface area (Å²) in [6.07, 6.45) is 4.01. The minimum Gasteiger partial charge on any atom is -0.330 e. The van der Waals surface area contributed by atoms with Crippen molar-refractivity contribution in [3.63, 3.8) is 0 Å². The van der Waals surface area contributed by atoms with Gasteiger partial charge in [0, 0.05) is 38.3 Å². The van der Waals surface area contributed by atoms with Crippen LogP contribution in [0.4, 0.5) is 0 Å². The SMILES string of the molecule is CCC(C)N1CCN(C2CCC2CN)CC1. The summed E-state index contributed by atoms with van der Waals surface area (Å²) in [6.45, 7) is 10.5. The van der Waals surface area contributed by atoms with E-state index in [0.29, 0.717) is 0 Å². The minimum atomic E-state index is 0.758. The molecule has 0 spiro atoms. The molecule has 1 aliphatic heterocycles. The summed E-state index contributed by atoms with van der Waals surface area (Å²) in [7, 11) is 0. The maximum Gasteiger partial charge on any atom is 0.0137 e. The molecule has 1 saturated heterocycles. The van der Waals surface area contributed by atoms with Gasteiger partial charge in [-0.05, 0) is 38.6 Å². The Kier molecular flexibility index (Phi) is 4.22. The second-order valence-corrected chi connectivity index (χ2v) is 5.47. The van der Waals surface area contributed by atoms with E-state index in [2.05, 4.69) is 23.6 Å². The molecule has 2 N–H and O–H groups in total. The first kappa shape index (κ1) is 12.3. The Morgan fingerprint density at radius 3 is 2.31 bits per heavy atom. The molecular formula is C13H27N3. The minimum absolute atomic E-state index is 0.758. The summed E-state index contributed by atoms with van der Waals surface area (Å²) in [6, 6.07) is 1.57. The number of nitrogens with zero attached hydrogens (tertiary/aromatic N) is 2. The Morgan fingerprint density at radius 1 is 1.19 bits per heavy atom. The van der Waals surface area contributed by atoms with Crippen molar-refractivity contribution in [3.8, 4) is 0 Å². The van der Waals surface area contributed by atoms with Crippen molar-refractivity contribution < 1.29 is 0 Å². The van der Waals surface area contributed by atoms with Crippen LogP contribution in [0.2, 0.25) is 0 Å². The lowest BCUT2D eigenvalue weighted by molar-refractivity contribution is 0.0136. The first-order chi connectivity index (χ1) is 7.76. The van der Waals surface area contributed by atoms with Crippen LogP contribution < -0.4 is 5.73 Å². The average molecular weight is 225 g/mol. The second-order valence-electron chi connectivity index (χ2n) is 5.47. The molecular weight excluding hydrogens is 198 g/mol. The number of rotatable bonds is 4. The van der Waals surface area contributed by atoms with Gasteiger partial charge < -0.3 is 5.73 Å². The molecule has 1 heterocycles. The van der Waals surface area contributed by atoms with Gasteiger partial charge in [0.1, 0.15) is 0 Å². The molecule has 1 aliphatic carbocycles. The monoisotopic (exact) mass is 225 g/mol. The Hall–Kier alpha value is -0.120. The Morgan fingerprint density at radius 2 is 1.88 bits per heavy atom. The lowest BCUT2D eigenvalue weighted by atomic mass is 9.78. The Balaban J connectivity index is 1.77. The number of hydrogen-bond acceptors (Lipinski definition) is 3. The van der Waals surface area contributed by atoms with Crippen LogP contribution in [0.5, 0.6) is 0 Å². The van der Waals surface area contributed by atoms with Crippen LogP contribution >= 0.6 is 0 Å². The van der Waals surface area contributed by atoms with Gasteiger partial charge in [-0.1, -0.05) is 6.92 Å². The van der Waals surface area contributed by atoms with Gasteiger partial charge in [0.05, 0.1) is 0 Å². The molecule has 0 radical (unpaired) electrons. The van der Waals surface area contributed by atoms with Crippen LogP contribution in [0, 0.1) is 5.92 Å². The van der Waals surface area contributed by atoms with Crippen molar-refractivity contribution in [2.75, 3.05) is 32.7 Å². The van der Waals surface area contributed by atoms with Crippen LogP contribution in [0.15, 0.2) is 0 Å². The van der Waals surface area contributed by atoms with E-state index in [1.807, 2.05) is 0 Å². The molecule has 1 saturated carbocycles. The molecule has 3 nitrogen and oxygen atoms in total. The fraction of sp³-hybridized carbons (Fsp3) is 1.00. The smallest absolute Gasteiger partial charge is 0.0137 e. The highest BCUT2D eigenvalue weighted by molar-refractivity contribution is 4.91. The van der Waals surface area contributed by atoms with E-state index in [9.17, 15) is 0 Å². The molecule has 2 aliphatic rings. The van der Waals surface area contributed by atoms with Crippen LogP contribution in [-0.2, 0) is 0 Å². The van der Waals surface area contributed by atoms with Crippen molar-refractivity contribution >= 4 is 0 Å². The summed E-state index contributed by atoms with van der Waals surface area (Å²) in [4.78, 5) is 5.31. The van der Waals surface area contributed by atoms with Crippen LogP contribution in [0.3, 0.4) is 0 Å². The third-order valence-corrected chi connectivity index (χ3v) is 4.71. The van der Waals surface area contributed by atoms with Gasteiger partial charge in [0.2, 0.25) is 0 Å². The van der Waals surface area contributed by atoms with Crippen molar-refractivity contribution in [2.24, 2.45) is 11.7 Å². The van der Waals surface area contributed by atoms with E-state index >= 15 is 0 Å². The van der Waals surface area contributed by atoms with Crippen LogP contribution in [0.25, 0.3) is 0 Å². The van der Waals surface area contributed by atoms with Crippen molar-refractivity contribution in [2.45, 2.75) is 45.2 Å². The third kappa shape index (κ3) is 2.41. The molecule has 2 rings (SSSR count). The second kappa shape index (κ2) is 5.48. The normalized spacial score (nSPS) is 34.7. The zero-order chi connectivity index (χ0) is 11.5. The highest BCUT2D eigenvalue weighted by Crippen LogP contribution is 2.31. The third-order valence-electron chi connectivity index (χ3n) is 4.71. The predicted molar refractivity (Wildman–Crippen MR) is 68.5 cm³/mol. The quantitative estimate of drug-likeness (QED) is 0.779. The summed E-state index contributed by atoms with van der Waals surface area (Å²) in [5, 5.41) is 0.